The van der Waals surface area contributed by atoms with Crippen LogP contribution in [0, 0.1) is 12.8 Å². The maximum absolute atomic E-state index is 9.63. The van der Waals surface area contributed by atoms with Gasteiger partial charge in [0, 0.05) is 6.04 Å². The summed E-state index contributed by atoms with van der Waals surface area (Å²) in [5.41, 5.74) is 2.44. The van der Waals surface area contributed by atoms with E-state index in [2.05, 4.69) is 41.0 Å². The van der Waals surface area contributed by atoms with Crippen molar-refractivity contribution in [2.75, 3.05) is 13.2 Å². The number of nitrogens with zero attached hydrogens (tertiary/aromatic N) is 3. The highest BCUT2D eigenvalue weighted by molar-refractivity contribution is 5.27. The molecule has 2 heterocycles. The Labute approximate surface area is 137 Å². The monoisotopic (exact) mass is 315 g/mol. The third kappa shape index (κ3) is 3.79. The van der Waals surface area contributed by atoms with E-state index in [1.54, 1.807) is 0 Å². The molecule has 1 aliphatic heterocycles. The van der Waals surface area contributed by atoms with Crippen LogP contribution in [0.5, 0.6) is 0 Å². The fourth-order valence-corrected chi connectivity index (χ4v) is 3.41. The minimum Gasteiger partial charge on any atom is -0.395 e. The lowest BCUT2D eigenvalue weighted by Gasteiger charge is -2.38. The molecule has 0 saturated carbocycles. The van der Waals surface area contributed by atoms with E-state index in [-0.39, 0.29) is 12.6 Å². The zero-order valence-electron chi connectivity index (χ0n) is 13.9. The summed E-state index contributed by atoms with van der Waals surface area (Å²) in [5, 5.41) is 13.8. The summed E-state index contributed by atoms with van der Waals surface area (Å²) in [4.78, 5) is 6.81. The number of hydrogen-bond donors (Lipinski definition) is 1. The van der Waals surface area contributed by atoms with Gasteiger partial charge in [0.05, 0.1) is 19.6 Å². The molecule has 0 spiro atoms. The topological polar surface area (TPSA) is 62.4 Å². The van der Waals surface area contributed by atoms with Gasteiger partial charge in [-0.1, -0.05) is 36.3 Å². The predicted octanol–water partition coefficient (Wildman–Crippen LogP) is 2.56. The van der Waals surface area contributed by atoms with Crippen molar-refractivity contribution in [3.05, 3.63) is 47.1 Å². The number of piperidine rings is 1. The Kier molecular flexibility index (Phi) is 5.08. The summed E-state index contributed by atoms with van der Waals surface area (Å²) in [5.74, 6) is 1.87. The smallest absolute Gasteiger partial charge is 0.231 e. The summed E-state index contributed by atoms with van der Waals surface area (Å²) in [6, 6.07) is 8.44. The van der Waals surface area contributed by atoms with E-state index in [0.717, 1.165) is 13.0 Å². The highest BCUT2D eigenvalue weighted by atomic mass is 16.5. The number of hydrogen-bond acceptors (Lipinski definition) is 5. The van der Waals surface area contributed by atoms with Gasteiger partial charge in [0.1, 0.15) is 0 Å². The van der Waals surface area contributed by atoms with E-state index in [9.17, 15) is 5.11 Å². The summed E-state index contributed by atoms with van der Waals surface area (Å²) in [6.07, 6.45) is 3.00. The summed E-state index contributed by atoms with van der Waals surface area (Å²) in [7, 11) is 0. The van der Waals surface area contributed by atoms with Gasteiger partial charge in [-0.15, -0.1) is 0 Å². The number of likely N-dealkylation sites (tertiary alicyclic amines) is 1. The van der Waals surface area contributed by atoms with Crippen molar-refractivity contribution in [1.29, 1.82) is 0 Å². The van der Waals surface area contributed by atoms with Crippen molar-refractivity contribution in [3.63, 3.8) is 0 Å². The predicted molar refractivity (Wildman–Crippen MR) is 88.0 cm³/mol. The van der Waals surface area contributed by atoms with Crippen molar-refractivity contribution < 1.29 is 9.63 Å². The van der Waals surface area contributed by atoms with Gasteiger partial charge in [-0.2, -0.15) is 4.98 Å². The normalized spacial score (nSPS) is 22.4. The number of aliphatic hydroxyl groups is 1. The maximum Gasteiger partial charge on any atom is 0.231 e. The van der Waals surface area contributed by atoms with E-state index >= 15 is 0 Å². The lowest BCUT2D eigenvalue weighted by molar-refractivity contribution is 0.0449. The van der Waals surface area contributed by atoms with Crippen molar-refractivity contribution in [3.8, 4) is 0 Å². The Morgan fingerprint density at radius 1 is 1.35 bits per heavy atom. The zero-order valence-corrected chi connectivity index (χ0v) is 13.9. The van der Waals surface area contributed by atoms with Gasteiger partial charge in [0.25, 0.3) is 0 Å². The SMILES string of the molecule is Cc1ccccc1Cc1nc(CN2CCCC(C)C2CO)no1. The van der Waals surface area contributed by atoms with Crippen LogP contribution in [0.15, 0.2) is 28.8 Å². The van der Waals surface area contributed by atoms with Gasteiger partial charge in [-0.05, 0) is 43.4 Å². The van der Waals surface area contributed by atoms with Crippen molar-refractivity contribution >= 4 is 0 Å². The molecule has 1 aromatic carbocycles. The van der Waals surface area contributed by atoms with Gasteiger partial charge < -0.3 is 9.63 Å². The van der Waals surface area contributed by atoms with Crippen LogP contribution < -0.4 is 0 Å². The highest BCUT2D eigenvalue weighted by Gasteiger charge is 2.28. The fraction of sp³-hybridized carbons (Fsp3) is 0.556. The van der Waals surface area contributed by atoms with E-state index < -0.39 is 0 Å². The van der Waals surface area contributed by atoms with Gasteiger partial charge in [-0.25, -0.2) is 0 Å². The second kappa shape index (κ2) is 7.23. The highest BCUT2D eigenvalue weighted by Crippen LogP contribution is 2.24. The summed E-state index contributed by atoms with van der Waals surface area (Å²) in [6.45, 7) is 6.11. The Balaban J connectivity index is 1.66. The second-order valence-electron chi connectivity index (χ2n) is 6.55. The van der Waals surface area contributed by atoms with E-state index in [1.807, 2.05) is 12.1 Å². The van der Waals surface area contributed by atoms with Gasteiger partial charge in [-0.3, -0.25) is 4.90 Å². The number of benzene rings is 1. The van der Waals surface area contributed by atoms with Crippen LogP contribution in [-0.4, -0.2) is 39.3 Å². The molecule has 5 nitrogen and oxygen atoms in total. The lowest BCUT2D eigenvalue weighted by atomic mass is 9.91. The number of rotatable bonds is 5. The minimum absolute atomic E-state index is 0.190. The average Bonchev–Trinajstić information content (AvgIpc) is 2.97. The zero-order chi connectivity index (χ0) is 16.2. The molecule has 124 valence electrons. The van der Waals surface area contributed by atoms with Crippen LogP contribution in [0.25, 0.3) is 0 Å². The molecule has 1 aliphatic rings. The number of aryl methyl sites for hydroxylation is 1. The molecule has 2 atom stereocenters. The van der Waals surface area contributed by atoms with Gasteiger partial charge in [0.15, 0.2) is 5.82 Å². The molecule has 2 unspecified atom stereocenters. The molecule has 3 rings (SSSR count). The third-order valence-corrected chi connectivity index (χ3v) is 4.88. The van der Waals surface area contributed by atoms with E-state index in [4.69, 9.17) is 4.52 Å². The molecule has 1 fully saturated rings. The first-order valence-electron chi connectivity index (χ1n) is 8.38. The van der Waals surface area contributed by atoms with Crippen LogP contribution >= 0.6 is 0 Å². The first kappa shape index (κ1) is 16.1. The Bertz CT molecular complexity index is 641. The standard InChI is InChI=1S/C18H25N3O2/c1-13-6-3-4-8-15(13)10-18-19-17(20-23-18)11-21-9-5-7-14(2)16(21)12-22/h3-4,6,8,14,16,22H,5,7,9-12H2,1-2H3. The molecule has 2 aromatic rings. The number of aliphatic hydroxyl groups excluding tert-OH is 1. The minimum atomic E-state index is 0.190. The van der Waals surface area contributed by atoms with Crippen molar-refractivity contribution in [2.45, 2.75) is 45.7 Å². The Morgan fingerprint density at radius 2 is 2.17 bits per heavy atom. The fourth-order valence-electron chi connectivity index (χ4n) is 3.41. The van der Waals surface area contributed by atoms with Crippen molar-refractivity contribution in [1.82, 2.24) is 15.0 Å². The largest absolute Gasteiger partial charge is 0.395 e. The molecule has 1 aromatic heterocycles. The first-order chi connectivity index (χ1) is 11.2. The summed E-state index contributed by atoms with van der Waals surface area (Å²) >= 11 is 0. The van der Waals surface area contributed by atoms with Crippen LogP contribution in [0.3, 0.4) is 0 Å². The molecule has 5 heteroatoms. The third-order valence-electron chi connectivity index (χ3n) is 4.88. The molecule has 0 aliphatic carbocycles. The van der Waals surface area contributed by atoms with Crippen LogP contribution in [0.2, 0.25) is 0 Å². The molecule has 0 radical (unpaired) electrons. The second-order valence-corrected chi connectivity index (χ2v) is 6.55. The van der Waals surface area contributed by atoms with E-state index in [0.29, 0.717) is 30.6 Å². The lowest BCUT2D eigenvalue weighted by Crippen LogP contribution is -2.46. The van der Waals surface area contributed by atoms with Crippen LogP contribution in [0.1, 0.15) is 42.6 Å². The van der Waals surface area contributed by atoms with Gasteiger partial charge >= 0.3 is 0 Å². The Hall–Kier alpha value is -1.72. The van der Waals surface area contributed by atoms with Crippen LogP contribution in [0.4, 0.5) is 0 Å². The average molecular weight is 315 g/mol. The molecule has 0 amide bonds. The molecular weight excluding hydrogens is 290 g/mol. The molecular formula is C18H25N3O2. The quantitative estimate of drug-likeness (QED) is 0.919. The van der Waals surface area contributed by atoms with Gasteiger partial charge in [0.2, 0.25) is 5.89 Å². The molecule has 1 saturated heterocycles. The maximum atomic E-state index is 9.63. The van der Waals surface area contributed by atoms with Crippen molar-refractivity contribution in [2.24, 2.45) is 5.92 Å². The molecule has 0 bridgehead atoms. The van der Waals surface area contributed by atoms with Crippen LogP contribution in [-0.2, 0) is 13.0 Å². The number of aromatic nitrogens is 2. The Morgan fingerprint density at radius 3 is 2.96 bits per heavy atom. The first-order valence-corrected chi connectivity index (χ1v) is 8.38. The molecule has 23 heavy (non-hydrogen) atoms. The van der Waals surface area contributed by atoms with E-state index in [1.165, 1.54) is 17.5 Å². The molecule has 1 N–H and O–H groups in total. The summed E-state index contributed by atoms with van der Waals surface area (Å²) < 4.78 is 5.41.